The topological polar surface area (TPSA) is 86.8 Å². The SMILES string of the molecule is C[C@@H](C(=O)NC(C)(C)C)N(Cc1ccc(Br)cc1)C(=O)CN(c1cccc(F)c1)S(C)(=O)=O. The van der Waals surface area contributed by atoms with Crippen LogP contribution in [-0.4, -0.2) is 49.5 Å². The van der Waals surface area contributed by atoms with E-state index in [0.29, 0.717) is 0 Å². The van der Waals surface area contributed by atoms with Crippen LogP contribution in [0.15, 0.2) is 53.0 Å². The predicted octanol–water partition coefficient (Wildman–Crippen LogP) is 3.69. The molecular weight excluding hydrogens is 513 g/mol. The molecule has 0 aliphatic heterocycles. The van der Waals surface area contributed by atoms with Gasteiger partial charge in [-0.3, -0.25) is 13.9 Å². The summed E-state index contributed by atoms with van der Waals surface area (Å²) in [6, 6.07) is 11.4. The Bertz CT molecular complexity index is 1100. The molecule has 2 aromatic rings. The fourth-order valence-corrected chi connectivity index (χ4v) is 4.19. The number of hydrogen-bond acceptors (Lipinski definition) is 4. The molecule has 0 unspecified atom stereocenters. The Hall–Kier alpha value is -2.46. The van der Waals surface area contributed by atoms with E-state index in [9.17, 15) is 22.4 Å². The van der Waals surface area contributed by atoms with Gasteiger partial charge in [-0.15, -0.1) is 0 Å². The number of hydrogen-bond donors (Lipinski definition) is 1. The van der Waals surface area contributed by atoms with Crippen molar-refractivity contribution >= 4 is 43.5 Å². The minimum Gasteiger partial charge on any atom is -0.350 e. The van der Waals surface area contributed by atoms with Crippen LogP contribution in [0, 0.1) is 5.82 Å². The molecule has 0 heterocycles. The van der Waals surface area contributed by atoms with E-state index in [2.05, 4.69) is 21.2 Å². The Morgan fingerprint density at radius 2 is 1.73 bits per heavy atom. The summed E-state index contributed by atoms with van der Waals surface area (Å²) < 4.78 is 40.3. The quantitative estimate of drug-likeness (QED) is 0.552. The Labute approximate surface area is 203 Å². The van der Waals surface area contributed by atoms with Crippen LogP contribution in [0.25, 0.3) is 0 Å². The van der Waals surface area contributed by atoms with Crippen LogP contribution in [0.4, 0.5) is 10.1 Å². The number of rotatable bonds is 8. The number of sulfonamides is 1. The number of nitrogens with zero attached hydrogens (tertiary/aromatic N) is 2. The van der Waals surface area contributed by atoms with Gasteiger partial charge in [0.15, 0.2) is 0 Å². The maximum atomic E-state index is 13.7. The smallest absolute Gasteiger partial charge is 0.244 e. The van der Waals surface area contributed by atoms with Crippen LogP contribution >= 0.6 is 15.9 Å². The lowest BCUT2D eigenvalue weighted by Crippen LogP contribution is -2.54. The summed E-state index contributed by atoms with van der Waals surface area (Å²) in [5.74, 6) is -1.59. The Morgan fingerprint density at radius 3 is 2.24 bits per heavy atom. The first-order valence-electron chi connectivity index (χ1n) is 10.3. The second-order valence-corrected chi connectivity index (χ2v) is 11.6. The van der Waals surface area contributed by atoms with E-state index < -0.39 is 39.9 Å². The van der Waals surface area contributed by atoms with Crippen molar-refractivity contribution in [2.45, 2.75) is 45.8 Å². The van der Waals surface area contributed by atoms with E-state index >= 15 is 0 Å². The minimum absolute atomic E-state index is 0.0289. The number of carbonyl (C=O) groups is 2. The number of halogens is 2. The molecule has 10 heteroatoms. The Balaban J connectivity index is 2.39. The Kier molecular flexibility index (Phi) is 8.64. The van der Waals surface area contributed by atoms with Crippen molar-refractivity contribution in [2.24, 2.45) is 0 Å². The van der Waals surface area contributed by atoms with E-state index in [-0.39, 0.29) is 18.1 Å². The third-order valence-corrected chi connectivity index (χ3v) is 6.38. The van der Waals surface area contributed by atoms with Gasteiger partial charge in [0.05, 0.1) is 11.9 Å². The van der Waals surface area contributed by atoms with Crippen molar-refractivity contribution in [2.75, 3.05) is 17.1 Å². The zero-order valence-corrected chi connectivity index (χ0v) is 21.7. The molecule has 0 bridgehead atoms. The summed E-state index contributed by atoms with van der Waals surface area (Å²) in [6.07, 6.45) is 0.944. The zero-order chi connectivity index (χ0) is 25.0. The molecule has 0 fully saturated rings. The molecule has 1 atom stereocenters. The van der Waals surface area contributed by atoms with Gasteiger partial charge in [-0.2, -0.15) is 0 Å². The van der Waals surface area contributed by atoms with E-state index in [1.54, 1.807) is 19.1 Å². The standard InChI is InChI=1S/C23H29BrFN3O4S/c1-16(22(30)26-23(2,3)4)27(14-17-9-11-18(24)12-10-17)21(29)15-28(33(5,31)32)20-8-6-7-19(25)13-20/h6-13,16H,14-15H2,1-5H3,(H,26,30)/t16-/m0/s1. The molecule has 0 radical (unpaired) electrons. The molecule has 0 aliphatic carbocycles. The van der Waals surface area contributed by atoms with E-state index in [1.807, 2.05) is 32.9 Å². The second kappa shape index (κ2) is 10.6. The van der Waals surface area contributed by atoms with Crippen LogP contribution in [-0.2, 0) is 26.2 Å². The predicted molar refractivity (Wildman–Crippen MR) is 131 cm³/mol. The van der Waals surface area contributed by atoms with Gasteiger partial charge in [-0.05, 0) is 63.6 Å². The van der Waals surface area contributed by atoms with Crippen molar-refractivity contribution in [3.63, 3.8) is 0 Å². The number of benzene rings is 2. The second-order valence-electron chi connectivity index (χ2n) is 8.81. The molecule has 2 aromatic carbocycles. The fraction of sp³-hybridized carbons (Fsp3) is 0.391. The van der Waals surface area contributed by atoms with Gasteiger partial charge in [0.2, 0.25) is 21.8 Å². The van der Waals surface area contributed by atoms with Gasteiger partial charge >= 0.3 is 0 Å². The summed E-state index contributed by atoms with van der Waals surface area (Å²) in [4.78, 5) is 27.6. The van der Waals surface area contributed by atoms with Crippen LogP contribution in [0.3, 0.4) is 0 Å². The lowest BCUT2D eigenvalue weighted by atomic mass is 10.1. The molecule has 0 aromatic heterocycles. The molecule has 180 valence electrons. The highest BCUT2D eigenvalue weighted by molar-refractivity contribution is 9.10. The number of carbonyl (C=O) groups excluding carboxylic acids is 2. The van der Waals surface area contributed by atoms with Crippen LogP contribution in [0.5, 0.6) is 0 Å². The third-order valence-electron chi connectivity index (χ3n) is 4.71. The van der Waals surface area contributed by atoms with Gasteiger partial charge in [-0.25, -0.2) is 12.8 Å². The van der Waals surface area contributed by atoms with Gasteiger partial charge in [0.25, 0.3) is 0 Å². The lowest BCUT2D eigenvalue weighted by Gasteiger charge is -2.33. The van der Waals surface area contributed by atoms with Crippen molar-refractivity contribution in [1.82, 2.24) is 10.2 Å². The number of amides is 2. The highest BCUT2D eigenvalue weighted by Crippen LogP contribution is 2.20. The largest absolute Gasteiger partial charge is 0.350 e. The van der Waals surface area contributed by atoms with Gasteiger partial charge in [0.1, 0.15) is 18.4 Å². The molecule has 7 nitrogen and oxygen atoms in total. The van der Waals surface area contributed by atoms with Crippen molar-refractivity contribution < 1.29 is 22.4 Å². The average molecular weight is 542 g/mol. The van der Waals surface area contributed by atoms with E-state index in [4.69, 9.17) is 0 Å². The first kappa shape index (κ1) is 26.8. The number of anilines is 1. The first-order valence-corrected chi connectivity index (χ1v) is 12.9. The molecule has 33 heavy (non-hydrogen) atoms. The summed E-state index contributed by atoms with van der Waals surface area (Å²) >= 11 is 3.36. The van der Waals surface area contributed by atoms with E-state index in [1.165, 1.54) is 23.1 Å². The van der Waals surface area contributed by atoms with Crippen molar-refractivity contribution in [3.8, 4) is 0 Å². The summed E-state index contributed by atoms with van der Waals surface area (Å²) in [5.41, 5.74) is 0.276. The van der Waals surface area contributed by atoms with Gasteiger partial charge in [-0.1, -0.05) is 34.1 Å². The van der Waals surface area contributed by atoms with Crippen LogP contribution < -0.4 is 9.62 Å². The maximum absolute atomic E-state index is 13.7. The lowest BCUT2D eigenvalue weighted by molar-refractivity contribution is -0.140. The molecule has 2 rings (SSSR count). The fourth-order valence-electron chi connectivity index (χ4n) is 3.09. The molecule has 0 saturated heterocycles. The average Bonchev–Trinajstić information content (AvgIpc) is 2.68. The summed E-state index contributed by atoms with van der Waals surface area (Å²) in [6.45, 7) is 6.58. The van der Waals surface area contributed by atoms with Gasteiger partial charge < -0.3 is 10.2 Å². The van der Waals surface area contributed by atoms with E-state index in [0.717, 1.165) is 26.7 Å². The normalized spacial score (nSPS) is 12.7. The summed E-state index contributed by atoms with van der Waals surface area (Å²) in [7, 11) is -3.90. The highest BCUT2D eigenvalue weighted by atomic mass is 79.9. The van der Waals surface area contributed by atoms with Gasteiger partial charge in [0, 0.05) is 16.6 Å². The first-order chi connectivity index (χ1) is 15.2. The zero-order valence-electron chi connectivity index (χ0n) is 19.3. The van der Waals surface area contributed by atoms with Crippen LogP contribution in [0.1, 0.15) is 33.3 Å². The minimum atomic E-state index is -3.90. The van der Waals surface area contributed by atoms with Crippen LogP contribution in [0.2, 0.25) is 0 Å². The molecule has 1 N–H and O–H groups in total. The molecule has 2 amide bonds. The molecule has 0 spiro atoms. The van der Waals surface area contributed by atoms with Crippen molar-refractivity contribution in [1.29, 1.82) is 0 Å². The number of nitrogens with one attached hydrogen (secondary N) is 1. The van der Waals surface area contributed by atoms with Crippen molar-refractivity contribution in [3.05, 3.63) is 64.4 Å². The summed E-state index contributed by atoms with van der Waals surface area (Å²) in [5, 5.41) is 2.85. The molecular formula is C23H29BrFN3O4S. The molecule has 0 saturated carbocycles. The third kappa shape index (κ3) is 8.12. The monoisotopic (exact) mass is 541 g/mol. The Morgan fingerprint density at radius 1 is 1.12 bits per heavy atom. The molecule has 0 aliphatic rings. The maximum Gasteiger partial charge on any atom is 0.244 e. The highest BCUT2D eigenvalue weighted by Gasteiger charge is 2.31.